The smallest absolute Gasteiger partial charge is 0.123 e. The molecular formula is C11H12FN. The molecule has 0 unspecified atom stereocenters. The van der Waals surface area contributed by atoms with Crippen LogP contribution < -0.4 is 0 Å². The lowest BCUT2D eigenvalue weighted by atomic mass is 10.2. The van der Waals surface area contributed by atoms with Gasteiger partial charge in [-0.1, -0.05) is 13.3 Å². The van der Waals surface area contributed by atoms with Crippen LogP contribution in [0.25, 0.3) is 10.9 Å². The van der Waals surface area contributed by atoms with Gasteiger partial charge in [0.2, 0.25) is 0 Å². The number of aryl methyl sites for hydroxylation is 1. The lowest BCUT2D eigenvalue weighted by Crippen LogP contribution is -1.79. The highest BCUT2D eigenvalue weighted by Crippen LogP contribution is 2.17. The third kappa shape index (κ3) is 1.57. The summed E-state index contributed by atoms with van der Waals surface area (Å²) in [6.07, 6.45) is 2.13. The monoisotopic (exact) mass is 177 g/mol. The molecule has 0 spiro atoms. The van der Waals surface area contributed by atoms with Crippen molar-refractivity contribution in [3.8, 4) is 0 Å². The molecule has 1 nitrogen and oxygen atoms in total. The van der Waals surface area contributed by atoms with Crippen LogP contribution in [0.4, 0.5) is 4.39 Å². The summed E-state index contributed by atoms with van der Waals surface area (Å²) in [7, 11) is 0. The molecular weight excluding hydrogens is 165 g/mol. The van der Waals surface area contributed by atoms with Crippen LogP contribution in [-0.4, -0.2) is 4.98 Å². The number of H-pyrrole nitrogens is 1. The number of hydrogen-bond donors (Lipinski definition) is 1. The van der Waals surface area contributed by atoms with Gasteiger partial charge in [-0.25, -0.2) is 4.39 Å². The summed E-state index contributed by atoms with van der Waals surface area (Å²) in [5, 5.41) is 0.962. The van der Waals surface area contributed by atoms with E-state index in [1.165, 1.54) is 11.8 Å². The average molecular weight is 177 g/mol. The minimum absolute atomic E-state index is 0.172. The molecule has 0 fully saturated rings. The maximum Gasteiger partial charge on any atom is 0.123 e. The van der Waals surface area contributed by atoms with Gasteiger partial charge in [-0.05, 0) is 30.7 Å². The molecule has 2 aromatic rings. The van der Waals surface area contributed by atoms with Crippen LogP contribution in [0.15, 0.2) is 24.3 Å². The number of aromatic amines is 1. The predicted molar refractivity (Wildman–Crippen MR) is 52.3 cm³/mol. The molecule has 1 heterocycles. The van der Waals surface area contributed by atoms with Crippen LogP contribution >= 0.6 is 0 Å². The summed E-state index contributed by atoms with van der Waals surface area (Å²) in [5.74, 6) is -0.172. The standard InChI is InChI=1S/C11H12FN/c1-2-3-10-7-8-6-9(12)4-5-11(8)13-10/h4-7,13H,2-3H2,1H3. The fourth-order valence-corrected chi connectivity index (χ4v) is 1.57. The van der Waals surface area contributed by atoms with Crippen molar-refractivity contribution in [1.29, 1.82) is 0 Å². The van der Waals surface area contributed by atoms with E-state index in [1.54, 1.807) is 12.1 Å². The molecule has 1 aromatic carbocycles. The van der Waals surface area contributed by atoms with Crippen LogP contribution in [0.1, 0.15) is 19.0 Å². The summed E-state index contributed by atoms with van der Waals surface area (Å²) in [6.45, 7) is 2.13. The first kappa shape index (κ1) is 8.30. The first-order chi connectivity index (χ1) is 6.29. The highest BCUT2D eigenvalue weighted by molar-refractivity contribution is 5.80. The Morgan fingerprint density at radius 2 is 2.15 bits per heavy atom. The molecule has 0 aliphatic carbocycles. The van der Waals surface area contributed by atoms with E-state index in [2.05, 4.69) is 11.9 Å². The fourth-order valence-electron chi connectivity index (χ4n) is 1.57. The second kappa shape index (κ2) is 3.21. The lowest BCUT2D eigenvalue weighted by Gasteiger charge is -1.89. The van der Waals surface area contributed by atoms with E-state index < -0.39 is 0 Å². The first-order valence-corrected chi connectivity index (χ1v) is 4.57. The van der Waals surface area contributed by atoms with Gasteiger partial charge in [-0.3, -0.25) is 0 Å². The number of fused-ring (bicyclic) bond motifs is 1. The van der Waals surface area contributed by atoms with E-state index in [4.69, 9.17) is 0 Å². The van der Waals surface area contributed by atoms with Gasteiger partial charge in [0.1, 0.15) is 5.82 Å². The Bertz CT molecular complexity index is 417. The minimum atomic E-state index is -0.172. The molecule has 0 amide bonds. The summed E-state index contributed by atoms with van der Waals surface area (Å²) >= 11 is 0. The highest BCUT2D eigenvalue weighted by Gasteiger charge is 2.00. The molecule has 2 heteroatoms. The van der Waals surface area contributed by atoms with Crippen molar-refractivity contribution in [3.05, 3.63) is 35.8 Å². The molecule has 2 rings (SSSR count). The Balaban J connectivity index is 2.49. The Kier molecular flexibility index (Phi) is 2.05. The summed E-state index contributed by atoms with van der Waals surface area (Å²) in [6, 6.07) is 6.84. The normalized spacial score (nSPS) is 10.9. The van der Waals surface area contributed by atoms with Crippen molar-refractivity contribution in [2.24, 2.45) is 0 Å². The summed E-state index contributed by atoms with van der Waals surface area (Å²) < 4.78 is 12.8. The van der Waals surface area contributed by atoms with Gasteiger partial charge < -0.3 is 4.98 Å². The van der Waals surface area contributed by atoms with E-state index in [0.717, 1.165) is 23.7 Å². The van der Waals surface area contributed by atoms with E-state index >= 15 is 0 Å². The van der Waals surface area contributed by atoms with E-state index in [0.29, 0.717) is 0 Å². The largest absolute Gasteiger partial charge is 0.358 e. The fraction of sp³-hybridized carbons (Fsp3) is 0.273. The molecule has 0 bridgehead atoms. The zero-order chi connectivity index (χ0) is 9.26. The van der Waals surface area contributed by atoms with Crippen molar-refractivity contribution >= 4 is 10.9 Å². The quantitative estimate of drug-likeness (QED) is 0.724. The van der Waals surface area contributed by atoms with Gasteiger partial charge >= 0.3 is 0 Å². The van der Waals surface area contributed by atoms with Crippen molar-refractivity contribution in [1.82, 2.24) is 4.98 Å². The van der Waals surface area contributed by atoms with E-state index in [9.17, 15) is 4.39 Å². The second-order valence-electron chi connectivity index (χ2n) is 3.28. The first-order valence-electron chi connectivity index (χ1n) is 4.57. The molecule has 0 atom stereocenters. The Labute approximate surface area is 76.6 Å². The average Bonchev–Trinajstić information content (AvgIpc) is 2.46. The molecule has 68 valence electrons. The number of nitrogens with one attached hydrogen (secondary N) is 1. The van der Waals surface area contributed by atoms with Gasteiger partial charge in [0, 0.05) is 16.6 Å². The van der Waals surface area contributed by atoms with Crippen molar-refractivity contribution in [2.75, 3.05) is 0 Å². The zero-order valence-corrected chi connectivity index (χ0v) is 7.60. The van der Waals surface area contributed by atoms with Gasteiger partial charge in [-0.2, -0.15) is 0 Å². The van der Waals surface area contributed by atoms with Crippen molar-refractivity contribution < 1.29 is 4.39 Å². The molecule has 0 radical (unpaired) electrons. The lowest BCUT2D eigenvalue weighted by molar-refractivity contribution is 0.630. The number of aromatic nitrogens is 1. The molecule has 0 aliphatic heterocycles. The van der Waals surface area contributed by atoms with Gasteiger partial charge in [-0.15, -0.1) is 0 Å². The third-order valence-electron chi connectivity index (χ3n) is 2.16. The molecule has 1 aromatic heterocycles. The van der Waals surface area contributed by atoms with Crippen molar-refractivity contribution in [3.63, 3.8) is 0 Å². The van der Waals surface area contributed by atoms with Crippen molar-refractivity contribution in [2.45, 2.75) is 19.8 Å². The van der Waals surface area contributed by atoms with Crippen LogP contribution in [0.3, 0.4) is 0 Å². The Hall–Kier alpha value is -1.31. The minimum Gasteiger partial charge on any atom is -0.358 e. The van der Waals surface area contributed by atoms with Gasteiger partial charge in [0.15, 0.2) is 0 Å². The van der Waals surface area contributed by atoms with Crippen LogP contribution in [0.2, 0.25) is 0 Å². The maximum atomic E-state index is 12.8. The molecule has 0 saturated heterocycles. The number of rotatable bonds is 2. The van der Waals surface area contributed by atoms with Crippen LogP contribution in [-0.2, 0) is 6.42 Å². The molecule has 13 heavy (non-hydrogen) atoms. The predicted octanol–water partition coefficient (Wildman–Crippen LogP) is 3.26. The van der Waals surface area contributed by atoms with E-state index in [1.807, 2.05) is 6.07 Å². The summed E-state index contributed by atoms with van der Waals surface area (Å²) in [5.41, 5.74) is 2.20. The van der Waals surface area contributed by atoms with Crippen LogP contribution in [0, 0.1) is 5.82 Å². The topological polar surface area (TPSA) is 15.8 Å². The molecule has 0 saturated carbocycles. The number of halogens is 1. The number of hydrogen-bond acceptors (Lipinski definition) is 0. The van der Waals surface area contributed by atoms with Gasteiger partial charge in [0.05, 0.1) is 0 Å². The number of benzene rings is 1. The van der Waals surface area contributed by atoms with E-state index in [-0.39, 0.29) is 5.82 Å². The highest BCUT2D eigenvalue weighted by atomic mass is 19.1. The summed E-state index contributed by atoms with van der Waals surface area (Å²) in [4.78, 5) is 3.26. The molecule has 0 aliphatic rings. The Morgan fingerprint density at radius 3 is 2.92 bits per heavy atom. The maximum absolute atomic E-state index is 12.8. The zero-order valence-electron chi connectivity index (χ0n) is 7.60. The Morgan fingerprint density at radius 1 is 1.31 bits per heavy atom. The molecule has 1 N–H and O–H groups in total. The SMILES string of the molecule is CCCc1cc2cc(F)ccc2[nH]1. The second-order valence-corrected chi connectivity index (χ2v) is 3.28. The van der Waals surface area contributed by atoms with Crippen LogP contribution in [0.5, 0.6) is 0 Å². The third-order valence-corrected chi connectivity index (χ3v) is 2.16. The van der Waals surface area contributed by atoms with Gasteiger partial charge in [0.25, 0.3) is 0 Å².